The first-order chi connectivity index (χ1) is 15.4. The fourth-order valence-corrected chi connectivity index (χ4v) is 3.80. The summed E-state index contributed by atoms with van der Waals surface area (Å²) in [5.74, 6) is 0.341. The van der Waals surface area contributed by atoms with Crippen LogP contribution in [0.25, 0.3) is 0 Å². The number of carbonyl (C=O) groups excluding carboxylic acids is 1. The Kier molecular flexibility index (Phi) is 6.11. The largest absolute Gasteiger partial charge is 0.483 e. The molecule has 0 spiro atoms. The molecular formula is C24H27N5O3. The molecule has 4 rings (SSSR count). The van der Waals surface area contributed by atoms with Gasteiger partial charge in [0.1, 0.15) is 12.4 Å². The van der Waals surface area contributed by atoms with E-state index in [-0.39, 0.29) is 29.7 Å². The van der Waals surface area contributed by atoms with Crippen molar-refractivity contribution in [2.75, 3.05) is 17.6 Å². The first-order valence-electron chi connectivity index (χ1n) is 10.6. The molecule has 0 unspecified atom stereocenters. The molecule has 0 atom stereocenters. The average Bonchev–Trinajstić information content (AvgIpc) is 2.79. The number of carbonyl (C=O) groups is 1. The van der Waals surface area contributed by atoms with Gasteiger partial charge in [0, 0.05) is 30.9 Å². The summed E-state index contributed by atoms with van der Waals surface area (Å²) >= 11 is 0. The molecule has 0 radical (unpaired) electrons. The Balaban J connectivity index is 1.68. The number of nitrogens with two attached hydrogens (primary N) is 1. The first kappa shape index (κ1) is 21.4. The number of aromatic nitrogens is 2. The predicted octanol–water partition coefficient (Wildman–Crippen LogP) is 2.88. The quantitative estimate of drug-likeness (QED) is 0.594. The molecule has 3 aromatic rings. The molecule has 3 heterocycles. The van der Waals surface area contributed by atoms with Crippen LogP contribution in [0.15, 0.2) is 59.5 Å². The van der Waals surface area contributed by atoms with Crippen LogP contribution in [-0.2, 0) is 19.7 Å². The van der Waals surface area contributed by atoms with Gasteiger partial charge in [-0.2, -0.15) is 0 Å². The molecule has 0 bridgehead atoms. The number of benzene rings is 1. The molecule has 8 nitrogen and oxygen atoms in total. The molecule has 3 N–H and O–H groups in total. The lowest BCUT2D eigenvalue weighted by molar-refractivity contribution is 0.0636. The fourth-order valence-electron chi connectivity index (χ4n) is 3.80. The molecule has 1 aliphatic heterocycles. The van der Waals surface area contributed by atoms with Crippen LogP contribution in [0.2, 0.25) is 0 Å². The summed E-state index contributed by atoms with van der Waals surface area (Å²) in [6.07, 6.45) is 1.63. The number of nitrogen functional groups attached to an aromatic ring is 1. The molecule has 0 saturated carbocycles. The van der Waals surface area contributed by atoms with Gasteiger partial charge in [-0.15, -0.1) is 0 Å². The highest BCUT2D eigenvalue weighted by Crippen LogP contribution is 2.25. The lowest BCUT2D eigenvalue weighted by Gasteiger charge is -2.35. The Bertz CT molecular complexity index is 1160. The van der Waals surface area contributed by atoms with Crippen molar-refractivity contribution in [2.45, 2.75) is 39.6 Å². The van der Waals surface area contributed by atoms with Gasteiger partial charge in [-0.1, -0.05) is 30.3 Å². The Hall–Kier alpha value is -3.81. The van der Waals surface area contributed by atoms with E-state index in [1.807, 2.05) is 54.8 Å². The molecule has 8 heteroatoms. The van der Waals surface area contributed by atoms with E-state index in [0.717, 1.165) is 11.3 Å². The molecule has 32 heavy (non-hydrogen) atoms. The third-order valence-corrected chi connectivity index (χ3v) is 5.49. The minimum absolute atomic E-state index is 0.0240. The van der Waals surface area contributed by atoms with Gasteiger partial charge in [0.05, 0.1) is 18.4 Å². The van der Waals surface area contributed by atoms with Crippen LogP contribution in [0.5, 0.6) is 5.75 Å². The number of anilines is 2. The third-order valence-electron chi connectivity index (χ3n) is 5.49. The first-order valence-corrected chi connectivity index (χ1v) is 10.6. The predicted molar refractivity (Wildman–Crippen MR) is 124 cm³/mol. The Morgan fingerprint density at radius 2 is 1.91 bits per heavy atom. The molecular weight excluding hydrogens is 406 g/mol. The van der Waals surface area contributed by atoms with Gasteiger partial charge in [0.2, 0.25) is 5.43 Å². The third kappa shape index (κ3) is 4.44. The van der Waals surface area contributed by atoms with Gasteiger partial charge in [-0.05, 0) is 31.5 Å². The number of hydrogen-bond acceptors (Lipinski definition) is 6. The van der Waals surface area contributed by atoms with Crippen LogP contribution in [0.3, 0.4) is 0 Å². The van der Waals surface area contributed by atoms with Crippen molar-refractivity contribution < 1.29 is 9.53 Å². The van der Waals surface area contributed by atoms with Crippen molar-refractivity contribution in [2.24, 2.45) is 0 Å². The van der Waals surface area contributed by atoms with Gasteiger partial charge >= 0.3 is 0 Å². The lowest BCUT2D eigenvalue weighted by atomic mass is 10.1. The zero-order chi connectivity index (χ0) is 22.7. The van der Waals surface area contributed by atoms with Crippen LogP contribution in [0.1, 0.15) is 35.6 Å². The van der Waals surface area contributed by atoms with E-state index < -0.39 is 0 Å². The Morgan fingerprint density at radius 3 is 2.59 bits per heavy atom. The summed E-state index contributed by atoms with van der Waals surface area (Å²) in [5.41, 5.74) is 8.06. The van der Waals surface area contributed by atoms with E-state index in [1.54, 1.807) is 23.2 Å². The standard InChI is InChI=1S/C24H27N5O3/c1-16(2)28-10-11-29-19(14-26-18-8-9-21(25)27-13-18)12-20(30)23(22(29)24(28)31)32-15-17-6-4-3-5-7-17/h3-9,12-13,16,26H,10-11,14-15H2,1-2H3,(H2,25,27). The van der Waals surface area contributed by atoms with Gasteiger partial charge in [-0.25, -0.2) is 4.98 Å². The number of nitrogens with one attached hydrogen (secondary N) is 1. The van der Waals surface area contributed by atoms with E-state index in [4.69, 9.17) is 10.5 Å². The van der Waals surface area contributed by atoms with E-state index >= 15 is 0 Å². The highest BCUT2D eigenvalue weighted by atomic mass is 16.5. The monoisotopic (exact) mass is 433 g/mol. The number of rotatable bonds is 7. The maximum atomic E-state index is 13.3. The second-order valence-electron chi connectivity index (χ2n) is 8.02. The molecule has 0 aliphatic carbocycles. The van der Waals surface area contributed by atoms with Crippen molar-refractivity contribution in [3.8, 4) is 5.75 Å². The van der Waals surface area contributed by atoms with Crippen LogP contribution < -0.4 is 21.2 Å². The minimum Gasteiger partial charge on any atom is -0.483 e. The molecule has 0 saturated heterocycles. The van der Waals surface area contributed by atoms with Crippen LogP contribution >= 0.6 is 0 Å². The average molecular weight is 434 g/mol. The van der Waals surface area contributed by atoms with Gasteiger partial charge in [-0.3, -0.25) is 9.59 Å². The summed E-state index contributed by atoms with van der Waals surface area (Å²) in [6, 6.07) is 14.7. The van der Waals surface area contributed by atoms with Crippen molar-refractivity contribution >= 4 is 17.4 Å². The minimum atomic E-state index is -0.307. The summed E-state index contributed by atoms with van der Waals surface area (Å²) < 4.78 is 7.82. The van der Waals surface area contributed by atoms with Crippen LogP contribution in [-0.4, -0.2) is 32.9 Å². The number of ether oxygens (including phenoxy) is 1. The Labute approximate surface area is 186 Å². The number of fused-ring (bicyclic) bond motifs is 1. The second-order valence-corrected chi connectivity index (χ2v) is 8.02. The molecule has 2 aromatic heterocycles. The number of pyridine rings is 2. The van der Waals surface area contributed by atoms with Crippen molar-refractivity contribution in [1.29, 1.82) is 0 Å². The van der Waals surface area contributed by atoms with E-state index in [9.17, 15) is 9.59 Å². The fraction of sp³-hybridized carbons (Fsp3) is 0.292. The van der Waals surface area contributed by atoms with Gasteiger partial charge in [0.25, 0.3) is 5.91 Å². The molecule has 1 aliphatic rings. The molecule has 1 aromatic carbocycles. The maximum Gasteiger partial charge on any atom is 0.274 e. The van der Waals surface area contributed by atoms with E-state index in [1.165, 1.54) is 0 Å². The second kappa shape index (κ2) is 9.13. The van der Waals surface area contributed by atoms with Crippen LogP contribution in [0.4, 0.5) is 11.5 Å². The maximum absolute atomic E-state index is 13.3. The van der Waals surface area contributed by atoms with E-state index in [0.29, 0.717) is 36.8 Å². The SMILES string of the molecule is CC(C)N1CCn2c(CNc3ccc(N)nc3)cc(=O)c(OCc3ccccc3)c2C1=O. The zero-order valence-corrected chi connectivity index (χ0v) is 18.2. The summed E-state index contributed by atoms with van der Waals surface area (Å²) in [7, 11) is 0. The number of nitrogens with zero attached hydrogens (tertiary/aromatic N) is 3. The lowest BCUT2D eigenvalue weighted by Crippen LogP contribution is -2.46. The normalized spacial score (nSPS) is 13.2. The smallest absolute Gasteiger partial charge is 0.274 e. The van der Waals surface area contributed by atoms with Gasteiger partial charge < -0.3 is 25.3 Å². The number of amides is 1. The molecule has 0 fully saturated rings. The number of hydrogen-bond donors (Lipinski definition) is 2. The highest BCUT2D eigenvalue weighted by Gasteiger charge is 2.32. The topological polar surface area (TPSA) is 102 Å². The molecule has 166 valence electrons. The van der Waals surface area contributed by atoms with E-state index in [2.05, 4.69) is 10.3 Å². The highest BCUT2D eigenvalue weighted by molar-refractivity contribution is 5.96. The van der Waals surface area contributed by atoms with Crippen LogP contribution in [0, 0.1) is 0 Å². The van der Waals surface area contributed by atoms with Crippen molar-refractivity contribution in [3.63, 3.8) is 0 Å². The summed E-state index contributed by atoms with van der Waals surface area (Å²) in [5, 5.41) is 3.25. The summed E-state index contributed by atoms with van der Waals surface area (Å²) in [6.45, 7) is 5.67. The molecule has 1 amide bonds. The van der Waals surface area contributed by atoms with Crippen molar-refractivity contribution in [3.05, 3.63) is 81.9 Å². The summed E-state index contributed by atoms with van der Waals surface area (Å²) in [4.78, 5) is 32.2. The Morgan fingerprint density at radius 1 is 1.12 bits per heavy atom. The zero-order valence-electron chi connectivity index (χ0n) is 18.2. The van der Waals surface area contributed by atoms with Gasteiger partial charge in [0.15, 0.2) is 11.4 Å². The van der Waals surface area contributed by atoms with Crippen molar-refractivity contribution in [1.82, 2.24) is 14.5 Å².